The first kappa shape index (κ1) is 16.0. The van der Waals surface area contributed by atoms with Crippen LogP contribution in [-0.4, -0.2) is 24.8 Å². The topological polar surface area (TPSA) is 46.5 Å². The minimum absolute atomic E-state index is 0.0385. The molecule has 1 N–H and O–H groups in total. The van der Waals surface area contributed by atoms with Crippen molar-refractivity contribution in [2.75, 3.05) is 13.7 Å². The summed E-state index contributed by atoms with van der Waals surface area (Å²) in [5.41, 5.74) is -0.735. The summed E-state index contributed by atoms with van der Waals surface area (Å²) >= 11 is 0. The number of hydrogen-bond acceptors (Lipinski definition) is 2. The normalized spacial score (nSPS) is 25.7. The van der Waals surface area contributed by atoms with Crippen molar-refractivity contribution >= 4 is 5.97 Å². The van der Waals surface area contributed by atoms with Crippen molar-refractivity contribution in [3.63, 3.8) is 0 Å². The van der Waals surface area contributed by atoms with Gasteiger partial charge < -0.3 is 9.84 Å². The van der Waals surface area contributed by atoms with Crippen LogP contribution in [0.25, 0.3) is 0 Å². The van der Waals surface area contributed by atoms with E-state index in [1.807, 2.05) is 24.3 Å². The van der Waals surface area contributed by atoms with Crippen molar-refractivity contribution in [1.29, 1.82) is 0 Å². The summed E-state index contributed by atoms with van der Waals surface area (Å²) in [5.74, 6) is -0.665. The lowest BCUT2D eigenvalue weighted by molar-refractivity contribution is -0.149. The van der Waals surface area contributed by atoms with Gasteiger partial charge in [0.05, 0.1) is 5.41 Å². The van der Waals surface area contributed by atoms with Crippen LogP contribution < -0.4 is 0 Å². The van der Waals surface area contributed by atoms with Gasteiger partial charge in [-0.2, -0.15) is 0 Å². The van der Waals surface area contributed by atoms with Crippen molar-refractivity contribution in [3.05, 3.63) is 24.3 Å². The summed E-state index contributed by atoms with van der Waals surface area (Å²) in [4.78, 5) is 11.8. The second-order valence-corrected chi connectivity index (χ2v) is 5.29. The van der Waals surface area contributed by atoms with E-state index in [1.165, 1.54) is 12.8 Å². The molecule has 2 unspecified atom stereocenters. The van der Waals surface area contributed by atoms with E-state index in [2.05, 4.69) is 6.92 Å². The van der Waals surface area contributed by atoms with Gasteiger partial charge in [0.25, 0.3) is 0 Å². The maximum atomic E-state index is 11.8. The lowest BCUT2D eigenvalue weighted by atomic mass is 9.68. The molecule has 3 heteroatoms. The zero-order valence-electron chi connectivity index (χ0n) is 12.1. The van der Waals surface area contributed by atoms with Gasteiger partial charge in [0, 0.05) is 13.7 Å². The Morgan fingerprint density at radius 2 is 2.11 bits per heavy atom. The summed E-state index contributed by atoms with van der Waals surface area (Å²) < 4.78 is 5.11. The molecule has 108 valence electrons. The van der Waals surface area contributed by atoms with E-state index >= 15 is 0 Å². The van der Waals surface area contributed by atoms with Crippen LogP contribution in [0, 0.1) is 11.3 Å². The Morgan fingerprint density at radius 1 is 1.32 bits per heavy atom. The van der Waals surface area contributed by atoms with Gasteiger partial charge in [-0.15, -0.1) is 0 Å². The fraction of sp³-hybridized carbons (Fsp3) is 0.688. The number of hydrogen-bond donors (Lipinski definition) is 1. The summed E-state index contributed by atoms with van der Waals surface area (Å²) in [6, 6.07) is 0. The van der Waals surface area contributed by atoms with E-state index in [9.17, 15) is 9.90 Å². The van der Waals surface area contributed by atoms with Crippen LogP contribution in [-0.2, 0) is 9.53 Å². The number of carbonyl (C=O) groups is 1. The Balaban J connectivity index is 2.73. The molecule has 0 aromatic rings. The third kappa shape index (κ3) is 4.20. The Morgan fingerprint density at radius 3 is 2.74 bits per heavy atom. The second kappa shape index (κ2) is 8.16. The summed E-state index contributed by atoms with van der Waals surface area (Å²) in [7, 11) is 1.66. The molecule has 2 atom stereocenters. The monoisotopic (exact) mass is 266 g/mol. The number of allylic oxidation sites excluding steroid dienone is 3. The minimum Gasteiger partial charge on any atom is -0.481 e. The Bertz CT molecular complexity index is 333. The number of methoxy groups -OCH3 is 1. The fourth-order valence-electron chi connectivity index (χ4n) is 2.77. The largest absolute Gasteiger partial charge is 0.481 e. The molecule has 0 heterocycles. The Kier molecular flexibility index (Phi) is 6.85. The molecular formula is C16H26O3. The van der Waals surface area contributed by atoms with Crippen LogP contribution >= 0.6 is 0 Å². The maximum absolute atomic E-state index is 11.8. The predicted octanol–water partition coefficient (Wildman–Crippen LogP) is 3.81. The molecule has 0 bridgehead atoms. The first-order valence-electron chi connectivity index (χ1n) is 7.25. The molecule has 1 aliphatic carbocycles. The SMILES string of the molecule is CCCCCCC1(C(=O)O)C=CC=CC1CCOC. The highest BCUT2D eigenvalue weighted by Crippen LogP contribution is 2.41. The molecule has 0 amide bonds. The fourth-order valence-corrected chi connectivity index (χ4v) is 2.77. The highest BCUT2D eigenvalue weighted by molar-refractivity contribution is 5.78. The zero-order chi connectivity index (χ0) is 14.1. The highest BCUT2D eigenvalue weighted by Gasteiger charge is 2.42. The van der Waals surface area contributed by atoms with Gasteiger partial charge in [0.15, 0.2) is 0 Å². The molecule has 0 saturated heterocycles. The Hall–Kier alpha value is -1.09. The summed E-state index contributed by atoms with van der Waals surface area (Å²) in [5, 5.41) is 9.69. The van der Waals surface area contributed by atoms with Crippen molar-refractivity contribution in [2.45, 2.75) is 45.4 Å². The molecule has 19 heavy (non-hydrogen) atoms. The lowest BCUT2D eigenvalue weighted by Crippen LogP contribution is -2.38. The average molecular weight is 266 g/mol. The molecule has 0 fully saturated rings. The van der Waals surface area contributed by atoms with Crippen LogP contribution in [0.5, 0.6) is 0 Å². The van der Waals surface area contributed by atoms with Crippen molar-refractivity contribution < 1.29 is 14.6 Å². The molecule has 0 aliphatic heterocycles. The van der Waals surface area contributed by atoms with Gasteiger partial charge in [-0.05, 0) is 18.8 Å². The smallest absolute Gasteiger partial charge is 0.314 e. The van der Waals surface area contributed by atoms with Gasteiger partial charge in [0.2, 0.25) is 0 Å². The molecule has 0 aromatic carbocycles. The van der Waals surface area contributed by atoms with E-state index < -0.39 is 11.4 Å². The lowest BCUT2D eigenvalue weighted by Gasteiger charge is -2.35. The molecule has 1 aliphatic rings. The number of unbranched alkanes of at least 4 members (excludes halogenated alkanes) is 3. The zero-order valence-corrected chi connectivity index (χ0v) is 12.1. The number of ether oxygens (including phenoxy) is 1. The quantitative estimate of drug-likeness (QED) is 0.646. The van der Waals surface area contributed by atoms with Crippen molar-refractivity contribution in [2.24, 2.45) is 11.3 Å². The van der Waals surface area contributed by atoms with Gasteiger partial charge in [-0.1, -0.05) is 56.9 Å². The minimum atomic E-state index is -0.735. The number of carboxylic acids is 1. The highest BCUT2D eigenvalue weighted by atomic mass is 16.5. The first-order chi connectivity index (χ1) is 9.17. The summed E-state index contributed by atoms with van der Waals surface area (Å²) in [6.45, 7) is 2.77. The van der Waals surface area contributed by atoms with Crippen LogP contribution in [0.3, 0.4) is 0 Å². The van der Waals surface area contributed by atoms with E-state index in [0.29, 0.717) is 6.61 Å². The van der Waals surface area contributed by atoms with Gasteiger partial charge in [0.1, 0.15) is 0 Å². The standard InChI is InChI=1S/C16H26O3/c1-3-4-5-7-11-16(15(17)18)12-8-6-9-14(16)10-13-19-2/h6,8-9,12,14H,3-5,7,10-11,13H2,1-2H3,(H,17,18). The first-order valence-corrected chi connectivity index (χ1v) is 7.25. The molecule has 0 spiro atoms. The van der Waals surface area contributed by atoms with Gasteiger partial charge in [-0.3, -0.25) is 4.79 Å². The van der Waals surface area contributed by atoms with E-state index in [4.69, 9.17) is 4.74 Å². The van der Waals surface area contributed by atoms with E-state index in [1.54, 1.807) is 7.11 Å². The van der Waals surface area contributed by atoms with Crippen LogP contribution in [0.15, 0.2) is 24.3 Å². The molecule has 3 nitrogen and oxygen atoms in total. The van der Waals surface area contributed by atoms with Gasteiger partial charge in [-0.25, -0.2) is 0 Å². The second-order valence-electron chi connectivity index (χ2n) is 5.29. The van der Waals surface area contributed by atoms with Crippen molar-refractivity contribution in [1.82, 2.24) is 0 Å². The van der Waals surface area contributed by atoms with E-state index in [-0.39, 0.29) is 5.92 Å². The number of rotatable bonds is 9. The van der Waals surface area contributed by atoms with Gasteiger partial charge >= 0.3 is 5.97 Å². The third-order valence-corrected chi connectivity index (χ3v) is 3.98. The Labute approximate surface area is 116 Å². The maximum Gasteiger partial charge on any atom is 0.314 e. The van der Waals surface area contributed by atoms with Crippen molar-refractivity contribution in [3.8, 4) is 0 Å². The molecule has 1 rings (SSSR count). The van der Waals surface area contributed by atoms with Crippen LogP contribution in [0.4, 0.5) is 0 Å². The molecule has 0 saturated carbocycles. The molecular weight excluding hydrogens is 240 g/mol. The van der Waals surface area contributed by atoms with E-state index in [0.717, 1.165) is 25.7 Å². The molecule has 0 aromatic heterocycles. The third-order valence-electron chi connectivity index (χ3n) is 3.98. The van der Waals surface area contributed by atoms with Crippen LogP contribution in [0.2, 0.25) is 0 Å². The number of carboxylic acid groups (broad SMARTS) is 1. The molecule has 0 radical (unpaired) electrons. The number of aliphatic carboxylic acids is 1. The predicted molar refractivity (Wildman–Crippen MR) is 77.1 cm³/mol. The summed E-state index contributed by atoms with van der Waals surface area (Å²) in [6.07, 6.45) is 13.6. The average Bonchev–Trinajstić information content (AvgIpc) is 2.42. The van der Waals surface area contributed by atoms with Crippen LogP contribution in [0.1, 0.15) is 45.4 Å².